The van der Waals surface area contributed by atoms with E-state index in [1.165, 1.54) is 0 Å². The van der Waals surface area contributed by atoms with E-state index in [4.69, 9.17) is 4.74 Å². The summed E-state index contributed by atoms with van der Waals surface area (Å²) in [4.78, 5) is 26.1. The molecule has 1 aromatic heterocycles. The summed E-state index contributed by atoms with van der Waals surface area (Å²) < 4.78 is 9.87. The molecule has 0 radical (unpaired) electrons. The van der Waals surface area contributed by atoms with Crippen molar-refractivity contribution in [1.82, 2.24) is 20.5 Å². The lowest BCUT2D eigenvalue weighted by Gasteiger charge is -2.37. The van der Waals surface area contributed by atoms with Crippen molar-refractivity contribution in [2.75, 3.05) is 27.3 Å². The standard InChI is InChI=1S/C13H20N4O4/c1-9-11(16-21-15-9)12(19)17-6-4-5-13(17,8-20-3)7-10(18)14-2/h4-8H2,1-3H3,(H,14,18)/t13-/m1/s1. The van der Waals surface area contributed by atoms with E-state index in [1.54, 1.807) is 26.0 Å². The summed E-state index contributed by atoms with van der Waals surface area (Å²) in [6.45, 7) is 2.53. The van der Waals surface area contributed by atoms with Crippen molar-refractivity contribution in [3.63, 3.8) is 0 Å². The van der Waals surface area contributed by atoms with Crippen LogP contribution in [0.15, 0.2) is 4.63 Å². The number of aryl methyl sites for hydroxylation is 1. The first-order valence-electron chi connectivity index (χ1n) is 6.85. The molecule has 1 atom stereocenters. The van der Waals surface area contributed by atoms with E-state index < -0.39 is 5.54 Å². The lowest BCUT2D eigenvalue weighted by atomic mass is 9.92. The van der Waals surface area contributed by atoms with Gasteiger partial charge >= 0.3 is 0 Å². The van der Waals surface area contributed by atoms with Gasteiger partial charge in [0.1, 0.15) is 5.69 Å². The minimum atomic E-state index is -0.642. The van der Waals surface area contributed by atoms with Crippen LogP contribution in [0.3, 0.4) is 0 Å². The number of hydrogen-bond donors (Lipinski definition) is 1. The maximum atomic E-state index is 12.7. The topological polar surface area (TPSA) is 97.6 Å². The predicted octanol–water partition coefficient (Wildman–Crippen LogP) is 0.135. The van der Waals surface area contributed by atoms with Crippen molar-refractivity contribution in [2.45, 2.75) is 31.7 Å². The number of methoxy groups -OCH3 is 1. The molecule has 2 heterocycles. The zero-order valence-electron chi connectivity index (χ0n) is 12.5. The molecule has 0 aliphatic carbocycles. The van der Waals surface area contributed by atoms with E-state index in [-0.39, 0.29) is 23.9 Å². The van der Waals surface area contributed by atoms with Gasteiger partial charge in [-0.3, -0.25) is 9.59 Å². The fourth-order valence-corrected chi connectivity index (χ4v) is 2.85. The summed E-state index contributed by atoms with van der Waals surface area (Å²) in [5.41, 5.74) is -0.00966. The van der Waals surface area contributed by atoms with E-state index in [1.807, 2.05) is 0 Å². The van der Waals surface area contributed by atoms with Crippen LogP contribution in [0.1, 0.15) is 35.4 Å². The van der Waals surface area contributed by atoms with E-state index in [0.717, 1.165) is 6.42 Å². The fraction of sp³-hybridized carbons (Fsp3) is 0.692. The molecule has 0 saturated carbocycles. The second-order valence-electron chi connectivity index (χ2n) is 5.27. The largest absolute Gasteiger partial charge is 0.382 e. The second kappa shape index (κ2) is 6.21. The zero-order valence-corrected chi connectivity index (χ0v) is 12.5. The molecule has 1 aliphatic rings. The molecule has 8 nitrogen and oxygen atoms in total. The minimum absolute atomic E-state index is 0.123. The first-order chi connectivity index (χ1) is 10.0. The van der Waals surface area contributed by atoms with Crippen LogP contribution in [0, 0.1) is 6.92 Å². The van der Waals surface area contributed by atoms with Gasteiger partial charge in [0.25, 0.3) is 5.91 Å². The van der Waals surface area contributed by atoms with Crippen LogP contribution in [-0.4, -0.2) is 59.9 Å². The SMILES string of the molecule is CNC(=O)C[C@@]1(COC)CCCN1C(=O)c1nonc1C. The summed E-state index contributed by atoms with van der Waals surface area (Å²) >= 11 is 0. The number of amides is 2. The first-order valence-corrected chi connectivity index (χ1v) is 6.85. The quantitative estimate of drug-likeness (QED) is 0.829. The van der Waals surface area contributed by atoms with Crippen LogP contribution in [0.5, 0.6) is 0 Å². The molecule has 0 aromatic carbocycles. The molecule has 0 bridgehead atoms. The van der Waals surface area contributed by atoms with Crippen LogP contribution in [-0.2, 0) is 9.53 Å². The van der Waals surface area contributed by atoms with Crippen molar-refractivity contribution in [3.05, 3.63) is 11.4 Å². The molecule has 1 fully saturated rings. The van der Waals surface area contributed by atoms with Crippen molar-refractivity contribution in [1.29, 1.82) is 0 Å². The highest BCUT2D eigenvalue weighted by Gasteiger charge is 2.46. The van der Waals surface area contributed by atoms with Gasteiger partial charge in [-0.15, -0.1) is 0 Å². The van der Waals surface area contributed by atoms with Crippen LogP contribution < -0.4 is 5.32 Å². The Morgan fingerprint density at radius 1 is 1.48 bits per heavy atom. The maximum Gasteiger partial charge on any atom is 0.278 e. The van der Waals surface area contributed by atoms with Crippen molar-refractivity contribution < 1.29 is 19.0 Å². The van der Waals surface area contributed by atoms with Gasteiger partial charge in [0, 0.05) is 20.7 Å². The number of nitrogens with zero attached hydrogens (tertiary/aromatic N) is 3. The van der Waals surface area contributed by atoms with Crippen LogP contribution in [0.4, 0.5) is 0 Å². The molecule has 0 unspecified atom stereocenters. The van der Waals surface area contributed by atoms with E-state index in [0.29, 0.717) is 25.3 Å². The Labute approximate surface area is 122 Å². The van der Waals surface area contributed by atoms with Gasteiger partial charge in [-0.2, -0.15) is 0 Å². The lowest BCUT2D eigenvalue weighted by molar-refractivity contribution is -0.123. The molecule has 1 N–H and O–H groups in total. The first kappa shape index (κ1) is 15.4. The van der Waals surface area contributed by atoms with Crippen molar-refractivity contribution in [2.24, 2.45) is 0 Å². The average molecular weight is 296 g/mol. The van der Waals surface area contributed by atoms with Gasteiger partial charge < -0.3 is 15.0 Å². The second-order valence-corrected chi connectivity index (χ2v) is 5.27. The molecule has 2 rings (SSSR count). The summed E-state index contributed by atoms with van der Waals surface area (Å²) in [5.74, 6) is -0.394. The van der Waals surface area contributed by atoms with Gasteiger partial charge in [0.15, 0.2) is 5.69 Å². The van der Waals surface area contributed by atoms with E-state index in [2.05, 4.69) is 20.3 Å². The zero-order chi connectivity index (χ0) is 15.5. The highest BCUT2D eigenvalue weighted by Crippen LogP contribution is 2.34. The Hall–Kier alpha value is -1.96. The maximum absolute atomic E-state index is 12.7. The average Bonchev–Trinajstić information content (AvgIpc) is 3.05. The molecular weight excluding hydrogens is 276 g/mol. The minimum Gasteiger partial charge on any atom is -0.382 e. The Bertz CT molecular complexity index is 530. The van der Waals surface area contributed by atoms with Gasteiger partial charge in [-0.1, -0.05) is 5.16 Å². The molecule has 116 valence electrons. The van der Waals surface area contributed by atoms with Crippen LogP contribution in [0.25, 0.3) is 0 Å². The molecule has 1 saturated heterocycles. The number of likely N-dealkylation sites (tertiary alicyclic amines) is 1. The number of aromatic nitrogens is 2. The molecule has 0 spiro atoms. The number of rotatable bonds is 5. The van der Waals surface area contributed by atoms with Gasteiger partial charge in [-0.05, 0) is 24.9 Å². The van der Waals surface area contributed by atoms with Crippen molar-refractivity contribution >= 4 is 11.8 Å². The monoisotopic (exact) mass is 296 g/mol. The third kappa shape index (κ3) is 2.90. The van der Waals surface area contributed by atoms with Gasteiger partial charge in [-0.25, -0.2) is 4.63 Å². The van der Waals surface area contributed by atoms with Crippen molar-refractivity contribution in [3.8, 4) is 0 Å². The summed E-state index contributed by atoms with van der Waals surface area (Å²) in [6, 6.07) is 0. The molecule has 21 heavy (non-hydrogen) atoms. The van der Waals surface area contributed by atoms with Gasteiger partial charge in [0.05, 0.1) is 18.6 Å². The summed E-state index contributed by atoms with van der Waals surface area (Å²) in [7, 11) is 3.14. The Kier molecular flexibility index (Phi) is 4.56. The number of carbonyl (C=O) groups is 2. The van der Waals surface area contributed by atoms with E-state index in [9.17, 15) is 9.59 Å². The molecule has 8 heteroatoms. The molecular formula is C13H20N4O4. The smallest absolute Gasteiger partial charge is 0.278 e. The summed E-state index contributed by atoms with van der Waals surface area (Å²) in [5, 5.41) is 9.90. The third-order valence-electron chi connectivity index (χ3n) is 3.88. The van der Waals surface area contributed by atoms with Crippen LogP contribution in [0.2, 0.25) is 0 Å². The number of nitrogens with one attached hydrogen (secondary N) is 1. The highest BCUT2D eigenvalue weighted by atomic mass is 16.6. The lowest BCUT2D eigenvalue weighted by Crippen LogP contribution is -2.53. The number of ether oxygens (including phenoxy) is 1. The van der Waals surface area contributed by atoms with E-state index >= 15 is 0 Å². The highest BCUT2D eigenvalue weighted by molar-refractivity contribution is 5.94. The molecule has 1 aliphatic heterocycles. The normalized spacial score (nSPS) is 21.6. The fourth-order valence-electron chi connectivity index (χ4n) is 2.85. The summed E-state index contributed by atoms with van der Waals surface area (Å²) in [6.07, 6.45) is 1.73. The number of carbonyl (C=O) groups excluding carboxylic acids is 2. The Morgan fingerprint density at radius 3 is 2.81 bits per heavy atom. The third-order valence-corrected chi connectivity index (χ3v) is 3.88. The molecule has 2 amide bonds. The van der Waals surface area contributed by atoms with Crippen LogP contribution >= 0.6 is 0 Å². The van der Waals surface area contributed by atoms with Gasteiger partial charge in [0.2, 0.25) is 5.91 Å². The number of hydrogen-bond acceptors (Lipinski definition) is 6. The Balaban J connectivity index is 2.29. The Morgan fingerprint density at radius 2 is 2.24 bits per heavy atom. The molecule has 1 aromatic rings. The predicted molar refractivity (Wildman–Crippen MR) is 72.6 cm³/mol.